The lowest BCUT2D eigenvalue weighted by molar-refractivity contribution is -0.138. The first-order chi connectivity index (χ1) is 11.6. The molecule has 1 fully saturated rings. The van der Waals surface area contributed by atoms with Crippen molar-refractivity contribution in [2.75, 3.05) is 31.1 Å². The van der Waals surface area contributed by atoms with Crippen LogP contribution in [0.5, 0.6) is 5.75 Å². The molecular formula is C19H21ClN2O2. The van der Waals surface area contributed by atoms with Crippen molar-refractivity contribution < 1.29 is 9.53 Å². The van der Waals surface area contributed by atoms with Crippen LogP contribution in [0.1, 0.15) is 6.92 Å². The fourth-order valence-electron chi connectivity index (χ4n) is 2.87. The van der Waals surface area contributed by atoms with Gasteiger partial charge < -0.3 is 14.5 Å². The van der Waals surface area contributed by atoms with Gasteiger partial charge in [0.1, 0.15) is 5.75 Å². The highest BCUT2D eigenvalue weighted by Crippen LogP contribution is 2.21. The molecular weight excluding hydrogens is 324 g/mol. The van der Waals surface area contributed by atoms with E-state index in [1.807, 2.05) is 59.5 Å². The average Bonchev–Trinajstić information content (AvgIpc) is 2.62. The van der Waals surface area contributed by atoms with Gasteiger partial charge in [0.25, 0.3) is 5.91 Å². The number of carbonyl (C=O) groups is 1. The van der Waals surface area contributed by atoms with E-state index < -0.39 is 6.10 Å². The zero-order valence-electron chi connectivity index (χ0n) is 13.7. The number of hydrogen-bond donors (Lipinski definition) is 0. The van der Waals surface area contributed by atoms with E-state index in [9.17, 15) is 4.79 Å². The summed E-state index contributed by atoms with van der Waals surface area (Å²) in [6.07, 6.45) is -0.481. The molecule has 0 saturated carbocycles. The molecule has 0 spiro atoms. The predicted molar refractivity (Wildman–Crippen MR) is 96.8 cm³/mol. The zero-order chi connectivity index (χ0) is 16.9. The summed E-state index contributed by atoms with van der Waals surface area (Å²) in [6.45, 7) is 4.77. The van der Waals surface area contributed by atoms with Crippen LogP contribution in [0.4, 0.5) is 5.69 Å². The lowest BCUT2D eigenvalue weighted by Gasteiger charge is -2.37. The highest BCUT2D eigenvalue weighted by Gasteiger charge is 2.26. The normalized spacial score (nSPS) is 15.9. The summed E-state index contributed by atoms with van der Waals surface area (Å²) in [5, 5.41) is 0.732. The topological polar surface area (TPSA) is 32.8 Å². The molecule has 1 atom stereocenters. The van der Waals surface area contributed by atoms with Crippen molar-refractivity contribution in [3.8, 4) is 5.75 Å². The molecule has 1 aliphatic rings. The Morgan fingerprint density at radius 1 is 1.04 bits per heavy atom. The summed E-state index contributed by atoms with van der Waals surface area (Å²) < 4.78 is 5.73. The van der Waals surface area contributed by atoms with Gasteiger partial charge in [-0.05, 0) is 37.3 Å². The molecule has 0 aliphatic carbocycles. The highest BCUT2D eigenvalue weighted by molar-refractivity contribution is 6.30. The van der Waals surface area contributed by atoms with Crippen LogP contribution >= 0.6 is 11.6 Å². The van der Waals surface area contributed by atoms with E-state index in [4.69, 9.17) is 16.3 Å². The van der Waals surface area contributed by atoms with E-state index >= 15 is 0 Å². The second kappa shape index (κ2) is 7.58. The smallest absolute Gasteiger partial charge is 0.263 e. The molecule has 0 N–H and O–H groups in total. The van der Waals surface area contributed by atoms with Crippen LogP contribution in [0.2, 0.25) is 5.02 Å². The first kappa shape index (κ1) is 16.7. The molecule has 5 heteroatoms. The molecule has 4 nitrogen and oxygen atoms in total. The highest BCUT2D eigenvalue weighted by atomic mass is 35.5. The van der Waals surface area contributed by atoms with E-state index in [2.05, 4.69) is 4.90 Å². The molecule has 1 aliphatic heterocycles. The predicted octanol–water partition coefficient (Wildman–Crippen LogP) is 3.46. The number of nitrogens with zero attached hydrogens (tertiary/aromatic N) is 2. The fourth-order valence-corrected chi connectivity index (χ4v) is 3.05. The standard InChI is InChI=1S/C19H21ClN2O2/c1-15(24-18-8-3-2-4-9-18)19(23)22-12-10-21(11-13-22)17-7-5-6-16(20)14-17/h2-9,14-15H,10-13H2,1H3/t15-/m1/s1. The minimum Gasteiger partial charge on any atom is -0.481 e. The average molecular weight is 345 g/mol. The molecule has 0 radical (unpaired) electrons. The van der Waals surface area contributed by atoms with Crippen molar-refractivity contribution in [3.05, 3.63) is 59.6 Å². The number of benzene rings is 2. The number of hydrogen-bond acceptors (Lipinski definition) is 3. The first-order valence-corrected chi connectivity index (χ1v) is 8.52. The maximum Gasteiger partial charge on any atom is 0.263 e. The summed E-state index contributed by atoms with van der Waals surface area (Å²) in [5.74, 6) is 0.750. The Morgan fingerprint density at radius 3 is 2.42 bits per heavy atom. The third-order valence-electron chi connectivity index (χ3n) is 4.17. The SMILES string of the molecule is C[C@@H](Oc1ccccc1)C(=O)N1CCN(c2cccc(Cl)c2)CC1. The number of piperazine rings is 1. The molecule has 1 saturated heterocycles. The van der Waals surface area contributed by atoms with E-state index in [0.717, 1.165) is 29.5 Å². The Labute approximate surface area is 147 Å². The maximum absolute atomic E-state index is 12.6. The minimum absolute atomic E-state index is 0.0320. The number of carbonyl (C=O) groups excluding carboxylic acids is 1. The van der Waals surface area contributed by atoms with Gasteiger partial charge in [-0.3, -0.25) is 4.79 Å². The number of ether oxygens (including phenoxy) is 1. The van der Waals surface area contributed by atoms with Gasteiger partial charge in [0.2, 0.25) is 0 Å². The second-order valence-electron chi connectivity index (χ2n) is 5.87. The van der Waals surface area contributed by atoms with Gasteiger partial charge >= 0.3 is 0 Å². The Kier molecular flexibility index (Phi) is 5.26. The molecule has 24 heavy (non-hydrogen) atoms. The lowest BCUT2D eigenvalue weighted by atomic mass is 10.2. The molecule has 0 bridgehead atoms. The van der Waals surface area contributed by atoms with Crippen molar-refractivity contribution in [2.24, 2.45) is 0 Å². The van der Waals surface area contributed by atoms with Crippen LogP contribution in [-0.2, 0) is 4.79 Å². The van der Waals surface area contributed by atoms with Crippen molar-refractivity contribution >= 4 is 23.2 Å². The van der Waals surface area contributed by atoms with Crippen LogP contribution in [0.15, 0.2) is 54.6 Å². The summed E-state index contributed by atoms with van der Waals surface area (Å²) in [4.78, 5) is 16.7. The molecule has 1 heterocycles. The van der Waals surface area contributed by atoms with Gasteiger partial charge in [-0.25, -0.2) is 0 Å². The summed E-state index contributed by atoms with van der Waals surface area (Å²) in [6, 6.07) is 17.3. The molecule has 126 valence electrons. The van der Waals surface area contributed by atoms with Gasteiger partial charge in [-0.2, -0.15) is 0 Å². The van der Waals surface area contributed by atoms with Crippen LogP contribution in [0.3, 0.4) is 0 Å². The zero-order valence-corrected chi connectivity index (χ0v) is 14.4. The molecule has 3 rings (SSSR count). The Hall–Kier alpha value is -2.20. The Balaban J connectivity index is 1.55. The van der Waals surface area contributed by atoms with Crippen LogP contribution < -0.4 is 9.64 Å². The third-order valence-corrected chi connectivity index (χ3v) is 4.40. The Morgan fingerprint density at radius 2 is 1.75 bits per heavy atom. The van der Waals surface area contributed by atoms with E-state index in [0.29, 0.717) is 13.1 Å². The second-order valence-corrected chi connectivity index (χ2v) is 6.30. The monoisotopic (exact) mass is 344 g/mol. The van der Waals surface area contributed by atoms with Gasteiger partial charge in [0, 0.05) is 36.9 Å². The van der Waals surface area contributed by atoms with Crippen molar-refractivity contribution in [2.45, 2.75) is 13.0 Å². The summed E-state index contributed by atoms with van der Waals surface area (Å²) >= 11 is 6.05. The van der Waals surface area contributed by atoms with Crippen LogP contribution in [0, 0.1) is 0 Å². The molecule has 0 aromatic heterocycles. The van der Waals surface area contributed by atoms with Crippen LogP contribution in [-0.4, -0.2) is 43.1 Å². The molecule has 1 amide bonds. The van der Waals surface area contributed by atoms with Crippen molar-refractivity contribution in [1.29, 1.82) is 0 Å². The van der Waals surface area contributed by atoms with Gasteiger partial charge in [0.15, 0.2) is 6.10 Å². The van der Waals surface area contributed by atoms with Crippen molar-refractivity contribution in [3.63, 3.8) is 0 Å². The van der Waals surface area contributed by atoms with E-state index in [-0.39, 0.29) is 5.91 Å². The molecule has 2 aromatic carbocycles. The molecule has 2 aromatic rings. The summed E-state index contributed by atoms with van der Waals surface area (Å²) in [5.41, 5.74) is 1.10. The van der Waals surface area contributed by atoms with Gasteiger partial charge in [0.05, 0.1) is 0 Å². The molecule has 0 unspecified atom stereocenters. The van der Waals surface area contributed by atoms with Crippen molar-refractivity contribution in [1.82, 2.24) is 4.90 Å². The third kappa shape index (κ3) is 4.01. The van der Waals surface area contributed by atoms with Crippen LogP contribution in [0.25, 0.3) is 0 Å². The first-order valence-electron chi connectivity index (χ1n) is 8.14. The van der Waals surface area contributed by atoms with Gasteiger partial charge in [-0.15, -0.1) is 0 Å². The van der Waals surface area contributed by atoms with Gasteiger partial charge in [-0.1, -0.05) is 35.9 Å². The summed E-state index contributed by atoms with van der Waals surface area (Å²) in [7, 11) is 0. The fraction of sp³-hybridized carbons (Fsp3) is 0.316. The number of anilines is 1. The number of para-hydroxylation sites is 1. The quantitative estimate of drug-likeness (QED) is 0.851. The largest absolute Gasteiger partial charge is 0.481 e. The Bertz CT molecular complexity index is 685. The van der Waals surface area contributed by atoms with E-state index in [1.54, 1.807) is 6.92 Å². The number of amides is 1. The minimum atomic E-state index is -0.481. The maximum atomic E-state index is 12.6. The number of rotatable bonds is 4. The lowest BCUT2D eigenvalue weighted by Crippen LogP contribution is -2.52. The number of halogens is 1. The van der Waals surface area contributed by atoms with E-state index in [1.165, 1.54) is 0 Å².